The molecule has 5 rings (SSSR count). The van der Waals surface area contributed by atoms with Gasteiger partial charge in [0.25, 0.3) is 0 Å². The zero-order chi connectivity index (χ0) is 33.2. The Hall–Kier alpha value is -5.83. The first-order chi connectivity index (χ1) is 22.6. The van der Waals surface area contributed by atoms with Crippen LogP contribution in [0.1, 0.15) is 43.0 Å². The first kappa shape index (κ1) is 32.6. The SMILES string of the molecule is CC(C)(C)OC(=O)N/C(=C\c1cn(C(=O)OCc2ccccc2)c2cc(OCc3ccccc3)ccc12)C(=O)OCc1ccccc1. The fraction of sp³-hybridized carbons (Fsp3) is 0.184. The predicted molar refractivity (Wildman–Crippen MR) is 178 cm³/mol. The number of ether oxygens (including phenoxy) is 4. The third kappa shape index (κ3) is 9.34. The Morgan fingerprint density at radius 3 is 1.85 bits per heavy atom. The number of alkyl carbamates (subject to hydrolysis) is 1. The molecule has 9 heteroatoms. The Morgan fingerprint density at radius 1 is 0.723 bits per heavy atom. The average Bonchev–Trinajstić information content (AvgIpc) is 3.43. The van der Waals surface area contributed by atoms with Gasteiger partial charge in [-0.05, 0) is 55.7 Å². The van der Waals surface area contributed by atoms with Crippen LogP contribution in [0.3, 0.4) is 0 Å². The average molecular weight is 633 g/mol. The van der Waals surface area contributed by atoms with Crippen molar-refractivity contribution in [2.24, 2.45) is 0 Å². The first-order valence-corrected chi connectivity index (χ1v) is 15.1. The van der Waals surface area contributed by atoms with Gasteiger partial charge < -0.3 is 18.9 Å². The molecular weight excluding hydrogens is 596 g/mol. The predicted octanol–water partition coefficient (Wildman–Crippen LogP) is 8.01. The second-order valence-electron chi connectivity index (χ2n) is 11.7. The number of amides is 1. The summed E-state index contributed by atoms with van der Waals surface area (Å²) in [6, 6.07) is 33.5. The quantitative estimate of drug-likeness (QED) is 0.0945. The molecule has 1 aromatic heterocycles. The van der Waals surface area contributed by atoms with Crippen molar-refractivity contribution in [2.45, 2.75) is 46.2 Å². The fourth-order valence-electron chi connectivity index (χ4n) is 4.63. The molecule has 1 heterocycles. The Morgan fingerprint density at radius 2 is 1.28 bits per heavy atom. The molecule has 1 N–H and O–H groups in total. The molecule has 0 spiro atoms. The lowest BCUT2D eigenvalue weighted by atomic mass is 10.1. The van der Waals surface area contributed by atoms with E-state index in [1.54, 1.807) is 45.2 Å². The van der Waals surface area contributed by atoms with E-state index in [4.69, 9.17) is 18.9 Å². The second kappa shape index (κ2) is 15.0. The molecule has 9 nitrogen and oxygen atoms in total. The van der Waals surface area contributed by atoms with Crippen molar-refractivity contribution in [3.05, 3.63) is 143 Å². The van der Waals surface area contributed by atoms with Crippen LogP contribution in [0, 0.1) is 0 Å². The monoisotopic (exact) mass is 632 g/mol. The van der Waals surface area contributed by atoms with E-state index in [-0.39, 0.29) is 18.9 Å². The standard InChI is InChI=1S/C38H36N2O7/c1-38(2,3)47-36(42)39-33(35(41)45-25-28-15-9-5-10-16-28)21-30-23-40(37(43)46-26-29-17-11-6-12-18-29)34-22-31(19-20-32(30)34)44-24-27-13-7-4-8-14-27/h4-23H,24-26H2,1-3H3,(H,39,42)/b33-21-. The van der Waals surface area contributed by atoms with Crippen LogP contribution < -0.4 is 10.1 Å². The van der Waals surface area contributed by atoms with Gasteiger partial charge in [0.15, 0.2) is 0 Å². The van der Waals surface area contributed by atoms with Crippen LogP contribution in [-0.2, 0) is 38.8 Å². The van der Waals surface area contributed by atoms with Gasteiger partial charge in [-0.1, -0.05) is 91.0 Å². The maximum atomic E-state index is 13.4. The van der Waals surface area contributed by atoms with Crippen LogP contribution in [0.5, 0.6) is 5.75 Å². The zero-order valence-corrected chi connectivity index (χ0v) is 26.5. The summed E-state index contributed by atoms with van der Waals surface area (Å²) in [5.41, 5.74) is 2.55. The molecule has 1 amide bonds. The summed E-state index contributed by atoms with van der Waals surface area (Å²) in [7, 11) is 0. The van der Waals surface area contributed by atoms with Crippen LogP contribution in [0.25, 0.3) is 17.0 Å². The summed E-state index contributed by atoms with van der Waals surface area (Å²) in [5, 5.41) is 3.14. The molecule has 0 aliphatic rings. The summed E-state index contributed by atoms with van der Waals surface area (Å²) < 4.78 is 24.0. The van der Waals surface area contributed by atoms with E-state index in [9.17, 15) is 14.4 Å². The van der Waals surface area contributed by atoms with Gasteiger partial charge in [0.05, 0.1) is 5.52 Å². The molecule has 47 heavy (non-hydrogen) atoms. The van der Waals surface area contributed by atoms with E-state index < -0.39 is 23.8 Å². The van der Waals surface area contributed by atoms with Crippen LogP contribution >= 0.6 is 0 Å². The summed E-state index contributed by atoms with van der Waals surface area (Å²) in [6.45, 7) is 5.53. The van der Waals surface area contributed by atoms with E-state index in [0.29, 0.717) is 28.8 Å². The molecular formula is C38H36N2O7. The van der Waals surface area contributed by atoms with Gasteiger partial charge in [-0.3, -0.25) is 9.88 Å². The van der Waals surface area contributed by atoms with E-state index in [0.717, 1.165) is 16.7 Å². The number of rotatable bonds is 10. The van der Waals surface area contributed by atoms with Crippen molar-refractivity contribution in [1.82, 2.24) is 9.88 Å². The van der Waals surface area contributed by atoms with Gasteiger partial charge >= 0.3 is 18.2 Å². The maximum absolute atomic E-state index is 13.4. The summed E-state index contributed by atoms with van der Waals surface area (Å²) in [6.07, 6.45) is 1.53. The van der Waals surface area contributed by atoms with E-state index in [1.165, 1.54) is 10.6 Å². The van der Waals surface area contributed by atoms with Gasteiger partial charge in [0.1, 0.15) is 36.9 Å². The summed E-state index contributed by atoms with van der Waals surface area (Å²) in [5.74, 6) is -0.253. The third-order valence-electron chi connectivity index (χ3n) is 6.83. The lowest BCUT2D eigenvalue weighted by Crippen LogP contribution is -2.34. The van der Waals surface area contributed by atoms with Crippen molar-refractivity contribution in [2.75, 3.05) is 0 Å². The van der Waals surface area contributed by atoms with E-state index in [1.807, 2.05) is 91.0 Å². The molecule has 0 aliphatic heterocycles. The topological polar surface area (TPSA) is 105 Å². The van der Waals surface area contributed by atoms with Gasteiger partial charge in [-0.25, -0.2) is 14.4 Å². The Bertz CT molecular complexity index is 1860. The minimum Gasteiger partial charge on any atom is -0.489 e. The number of nitrogens with one attached hydrogen (secondary N) is 1. The Labute approximate surface area is 273 Å². The number of aromatic nitrogens is 1. The molecule has 0 aliphatic carbocycles. The largest absolute Gasteiger partial charge is 0.489 e. The van der Waals surface area contributed by atoms with Crippen LogP contribution in [0.4, 0.5) is 9.59 Å². The van der Waals surface area contributed by atoms with Crippen molar-refractivity contribution in [1.29, 1.82) is 0 Å². The van der Waals surface area contributed by atoms with E-state index >= 15 is 0 Å². The number of carbonyl (C=O) groups is 3. The molecule has 0 saturated heterocycles. The highest BCUT2D eigenvalue weighted by Gasteiger charge is 2.23. The van der Waals surface area contributed by atoms with Crippen LogP contribution in [0.15, 0.2) is 121 Å². The highest BCUT2D eigenvalue weighted by atomic mass is 16.6. The number of hydrogen-bond donors (Lipinski definition) is 1. The molecule has 5 aromatic rings. The van der Waals surface area contributed by atoms with Gasteiger partial charge in [0.2, 0.25) is 0 Å². The molecule has 240 valence electrons. The molecule has 0 bridgehead atoms. The third-order valence-corrected chi connectivity index (χ3v) is 6.83. The fourth-order valence-corrected chi connectivity index (χ4v) is 4.63. The Balaban J connectivity index is 1.49. The summed E-state index contributed by atoms with van der Waals surface area (Å²) in [4.78, 5) is 39.6. The molecule has 0 saturated carbocycles. The van der Waals surface area contributed by atoms with Crippen molar-refractivity contribution in [3.63, 3.8) is 0 Å². The summed E-state index contributed by atoms with van der Waals surface area (Å²) >= 11 is 0. The maximum Gasteiger partial charge on any atom is 0.418 e. The Kier molecular flexibility index (Phi) is 10.4. The second-order valence-corrected chi connectivity index (χ2v) is 11.7. The van der Waals surface area contributed by atoms with Crippen molar-refractivity contribution >= 4 is 35.1 Å². The highest BCUT2D eigenvalue weighted by molar-refractivity contribution is 6.02. The minimum atomic E-state index is -0.831. The molecule has 4 aromatic carbocycles. The van der Waals surface area contributed by atoms with Gasteiger partial charge in [0, 0.05) is 23.2 Å². The number of fused-ring (bicyclic) bond motifs is 1. The molecule has 0 fully saturated rings. The molecule has 0 unspecified atom stereocenters. The lowest BCUT2D eigenvalue weighted by molar-refractivity contribution is -0.140. The normalized spacial score (nSPS) is 11.5. The first-order valence-electron chi connectivity index (χ1n) is 15.1. The van der Waals surface area contributed by atoms with Crippen LogP contribution in [0.2, 0.25) is 0 Å². The number of benzene rings is 4. The number of hydrogen-bond acceptors (Lipinski definition) is 7. The lowest BCUT2D eigenvalue weighted by Gasteiger charge is -2.20. The number of carbonyl (C=O) groups excluding carboxylic acids is 3. The van der Waals surface area contributed by atoms with Crippen molar-refractivity contribution in [3.8, 4) is 5.75 Å². The van der Waals surface area contributed by atoms with Gasteiger partial charge in [-0.15, -0.1) is 0 Å². The molecule has 0 atom stereocenters. The van der Waals surface area contributed by atoms with Crippen molar-refractivity contribution < 1.29 is 33.3 Å². The van der Waals surface area contributed by atoms with Gasteiger partial charge in [-0.2, -0.15) is 0 Å². The zero-order valence-electron chi connectivity index (χ0n) is 26.5. The van der Waals surface area contributed by atoms with E-state index in [2.05, 4.69) is 5.32 Å². The minimum absolute atomic E-state index is 0.0112. The number of nitrogens with zero attached hydrogens (tertiary/aromatic N) is 1. The highest BCUT2D eigenvalue weighted by Crippen LogP contribution is 2.29. The smallest absolute Gasteiger partial charge is 0.418 e. The molecule has 0 radical (unpaired) electrons. The number of esters is 1. The van der Waals surface area contributed by atoms with Crippen LogP contribution in [-0.4, -0.2) is 28.3 Å².